The second kappa shape index (κ2) is 6.09. The first-order valence-electron chi connectivity index (χ1n) is 5.53. The highest BCUT2D eigenvalue weighted by Crippen LogP contribution is 2.26. The van der Waals surface area contributed by atoms with Gasteiger partial charge < -0.3 is 10.6 Å². The number of thioether (sulfide) groups is 1. The van der Waals surface area contributed by atoms with Gasteiger partial charge in [-0.25, -0.2) is 0 Å². The van der Waals surface area contributed by atoms with Crippen LogP contribution >= 0.6 is 34.7 Å². The summed E-state index contributed by atoms with van der Waals surface area (Å²) >= 11 is 9.21. The molecule has 2 heterocycles. The molecule has 0 aliphatic carbocycles. The second-order valence-electron chi connectivity index (χ2n) is 3.95. The Morgan fingerprint density at radius 2 is 2.47 bits per heavy atom. The zero-order chi connectivity index (χ0) is 12.3. The first kappa shape index (κ1) is 13.2. The molecule has 1 fully saturated rings. The van der Waals surface area contributed by atoms with Crippen molar-refractivity contribution in [3.63, 3.8) is 0 Å². The molecule has 1 aromatic heterocycles. The van der Waals surface area contributed by atoms with Crippen LogP contribution in [0.2, 0.25) is 4.34 Å². The highest BCUT2D eigenvalue weighted by atomic mass is 35.5. The number of nitrogens with one attached hydrogen (secondary N) is 2. The van der Waals surface area contributed by atoms with Crippen LogP contribution in [-0.4, -0.2) is 30.0 Å². The van der Waals surface area contributed by atoms with E-state index in [1.54, 1.807) is 0 Å². The number of rotatable bonds is 3. The zero-order valence-electron chi connectivity index (χ0n) is 9.53. The first-order chi connectivity index (χ1) is 8.16. The number of hydrogen-bond acceptors (Lipinski definition) is 4. The monoisotopic (exact) mass is 290 g/mol. The Kier molecular flexibility index (Phi) is 4.73. The molecule has 3 nitrogen and oxygen atoms in total. The minimum absolute atomic E-state index is 0.0220. The van der Waals surface area contributed by atoms with Gasteiger partial charge in [0.05, 0.1) is 16.4 Å². The molecule has 17 heavy (non-hydrogen) atoms. The van der Waals surface area contributed by atoms with Crippen LogP contribution in [0.15, 0.2) is 12.1 Å². The third kappa shape index (κ3) is 3.61. The van der Waals surface area contributed by atoms with Crippen molar-refractivity contribution in [1.82, 2.24) is 10.6 Å². The zero-order valence-corrected chi connectivity index (χ0v) is 11.9. The lowest BCUT2D eigenvalue weighted by molar-refractivity contribution is -0.123. The molecule has 0 radical (unpaired) electrons. The quantitative estimate of drug-likeness (QED) is 0.897. The van der Waals surface area contributed by atoms with Crippen molar-refractivity contribution in [2.45, 2.75) is 19.0 Å². The van der Waals surface area contributed by atoms with Gasteiger partial charge in [-0.2, -0.15) is 11.8 Å². The van der Waals surface area contributed by atoms with E-state index < -0.39 is 0 Å². The standard InChI is InChI=1S/C11H15ClN2OS2/c1-7(9-2-3-10(12)17-9)14-11(15)8-6-16-5-4-13-8/h2-3,7-8,13H,4-6H2,1H3,(H,14,15). The van der Waals surface area contributed by atoms with E-state index in [9.17, 15) is 4.79 Å². The SMILES string of the molecule is CC(NC(=O)C1CSCCN1)c1ccc(Cl)s1. The number of thiophene rings is 1. The third-order valence-electron chi connectivity index (χ3n) is 2.62. The minimum Gasteiger partial charge on any atom is -0.347 e. The summed E-state index contributed by atoms with van der Waals surface area (Å²) in [4.78, 5) is 13.1. The molecule has 0 aromatic carbocycles. The predicted molar refractivity (Wildman–Crippen MR) is 75.0 cm³/mol. The van der Waals surface area contributed by atoms with Crippen LogP contribution in [0.25, 0.3) is 0 Å². The molecule has 2 unspecified atom stereocenters. The lowest BCUT2D eigenvalue weighted by Crippen LogP contribution is -2.49. The fourth-order valence-corrected chi connectivity index (χ4v) is 3.68. The topological polar surface area (TPSA) is 41.1 Å². The highest BCUT2D eigenvalue weighted by molar-refractivity contribution is 7.99. The summed E-state index contributed by atoms with van der Waals surface area (Å²) < 4.78 is 0.757. The van der Waals surface area contributed by atoms with Crippen LogP contribution in [-0.2, 0) is 4.79 Å². The lowest BCUT2D eigenvalue weighted by Gasteiger charge is -2.24. The number of carbonyl (C=O) groups excluding carboxylic acids is 1. The average molecular weight is 291 g/mol. The molecule has 1 saturated heterocycles. The maximum absolute atomic E-state index is 12.0. The van der Waals surface area contributed by atoms with Crippen molar-refractivity contribution in [1.29, 1.82) is 0 Å². The molecule has 0 spiro atoms. The van der Waals surface area contributed by atoms with Gasteiger partial charge in [0, 0.05) is 22.9 Å². The number of hydrogen-bond donors (Lipinski definition) is 2. The molecule has 2 atom stereocenters. The van der Waals surface area contributed by atoms with Gasteiger partial charge in [-0.05, 0) is 19.1 Å². The van der Waals surface area contributed by atoms with Crippen LogP contribution in [0, 0.1) is 0 Å². The highest BCUT2D eigenvalue weighted by Gasteiger charge is 2.22. The van der Waals surface area contributed by atoms with E-state index in [2.05, 4.69) is 10.6 Å². The molecule has 0 saturated carbocycles. The molecule has 6 heteroatoms. The van der Waals surface area contributed by atoms with Gasteiger partial charge in [0.15, 0.2) is 0 Å². The molecule has 2 N–H and O–H groups in total. The average Bonchev–Trinajstić information content (AvgIpc) is 2.77. The minimum atomic E-state index is -0.0633. The van der Waals surface area contributed by atoms with Gasteiger partial charge in [-0.15, -0.1) is 11.3 Å². The van der Waals surface area contributed by atoms with Crippen molar-refractivity contribution in [2.75, 3.05) is 18.1 Å². The van der Waals surface area contributed by atoms with E-state index in [-0.39, 0.29) is 18.0 Å². The van der Waals surface area contributed by atoms with Gasteiger partial charge in [-0.1, -0.05) is 11.6 Å². The van der Waals surface area contributed by atoms with Gasteiger partial charge >= 0.3 is 0 Å². The smallest absolute Gasteiger partial charge is 0.238 e. The van der Waals surface area contributed by atoms with E-state index >= 15 is 0 Å². The summed E-state index contributed by atoms with van der Waals surface area (Å²) in [6.45, 7) is 2.89. The summed E-state index contributed by atoms with van der Waals surface area (Å²) in [5, 5.41) is 6.24. The van der Waals surface area contributed by atoms with Crippen molar-refractivity contribution in [3.05, 3.63) is 21.3 Å². The first-order valence-corrected chi connectivity index (χ1v) is 7.88. The van der Waals surface area contributed by atoms with Gasteiger partial charge in [0.1, 0.15) is 0 Å². The molecule has 1 aromatic rings. The van der Waals surface area contributed by atoms with Crippen LogP contribution in [0.3, 0.4) is 0 Å². The molecule has 0 bridgehead atoms. The van der Waals surface area contributed by atoms with Gasteiger partial charge in [-0.3, -0.25) is 4.79 Å². The fraction of sp³-hybridized carbons (Fsp3) is 0.545. The molecule has 1 aliphatic heterocycles. The summed E-state index contributed by atoms with van der Waals surface area (Å²) in [6, 6.07) is 3.78. The fourth-order valence-electron chi connectivity index (χ4n) is 1.68. The predicted octanol–water partition coefficient (Wildman–Crippen LogP) is 2.28. The Morgan fingerprint density at radius 3 is 3.06 bits per heavy atom. The van der Waals surface area contributed by atoms with Gasteiger partial charge in [0.25, 0.3) is 0 Å². The Labute approximate surface area is 114 Å². The molecule has 94 valence electrons. The van der Waals surface area contributed by atoms with Crippen molar-refractivity contribution in [2.24, 2.45) is 0 Å². The van der Waals surface area contributed by atoms with Gasteiger partial charge in [0.2, 0.25) is 5.91 Å². The number of carbonyl (C=O) groups is 1. The molecule has 2 rings (SSSR count). The van der Waals surface area contributed by atoms with Crippen molar-refractivity contribution < 1.29 is 4.79 Å². The van der Waals surface area contributed by atoms with Crippen LogP contribution < -0.4 is 10.6 Å². The second-order valence-corrected chi connectivity index (χ2v) is 6.85. The van der Waals surface area contributed by atoms with Crippen LogP contribution in [0.5, 0.6) is 0 Å². The van der Waals surface area contributed by atoms with E-state index in [1.165, 1.54) is 11.3 Å². The van der Waals surface area contributed by atoms with E-state index in [4.69, 9.17) is 11.6 Å². The van der Waals surface area contributed by atoms with Crippen molar-refractivity contribution >= 4 is 40.6 Å². The Balaban J connectivity index is 1.89. The Bertz CT molecular complexity index is 391. The van der Waals surface area contributed by atoms with Crippen LogP contribution in [0.1, 0.15) is 17.8 Å². The summed E-state index contributed by atoms with van der Waals surface area (Å²) in [5.41, 5.74) is 0. The van der Waals surface area contributed by atoms with E-state index in [1.807, 2.05) is 30.8 Å². The summed E-state index contributed by atoms with van der Waals surface area (Å²) in [7, 11) is 0. The number of amides is 1. The normalized spacial score (nSPS) is 22.1. The Hall–Kier alpha value is -0.230. The number of halogens is 1. The molecule has 1 amide bonds. The summed E-state index contributed by atoms with van der Waals surface area (Å²) in [6.07, 6.45) is 0. The molecular formula is C11H15ClN2OS2. The summed E-state index contributed by atoms with van der Waals surface area (Å²) in [5.74, 6) is 2.01. The molecule has 1 aliphatic rings. The third-order valence-corrected chi connectivity index (χ3v) is 5.09. The van der Waals surface area contributed by atoms with Crippen molar-refractivity contribution in [3.8, 4) is 0 Å². The lowest BCUT2D eigenvalue weighted by atomic mass is 10.2. The maximum Gasteiger partial charge on any atom is 0.238 e. The van der Waals surface area contributed by atoms with Crippen LogP contribution in [0.4, 0.5) is 0 Å². The molecular weight excluding hydrogens is 276 g/mol. The van der Waals surface area contributed by atoms with E-state index in [0.717, 1.165) is 27.3 Å². The van der Waals surface area contributed by atoms with E-state index in [0.29, 0.717) is 0 Å². The Morgan fingerprint density at radius 1 is 1.65 bits per heavy atom. The largest absolute Gasteiger partial charge is 0.347 e. The maximum atomic E-state index is 12.0.